The average Bonchev–Trinajstić information content (AvgIpc) is 2.58. The van der Waals surface area contributed by atoms with Crippen LogP contribution < -0.4 is 9.47 Å². The van der Waals surface area contributed by atoms with Crippen LogP contribution >= 0.6 is 11.6 Å². The molecule has 0 amide bonds. The summed E-state index contributed by atoms with van der Waals surface area (Å²) in [5.74, 6) is 1.31. The standard InChI is InChI=1S/C18H13ClN2O2/c1-22-18-6-5-13(7-14(10-20)11-21)8-15(18)12-23-17-4-2-3-16(19)9-17/h2-9H,12H2,1H3. The first-order valence-electron chi connectivity index (χ1n) is 6.73. The summed E-state index contributed by atoms with van der Waals surface area (Å²) in [7, 11) is 1.57. The van der Waals surface area contributed by atoms with E-state index in [2.05, 4.69) is 0 Å². The monoisotopic (exact) mass is 324 g/mol. The Kier molecular flexibility index (Phi) is 5.63. The third kappa shape index (κ3) is 4.51. The predicted molar refractivity (Wildman–Crippen MR) is 88.0 cm³/mol. The lowest BCUT2D eigenvalue weighted by atomic mass is 10.1. The van der Waals surface area contributed by atoms with Crippen LogP contribution in [0, 0.1) is 22.7 Å². The van der Waals surface area contributed by atoms with Gasteiger partial charge in [0.1, 0.15) is 35.8 Å². The zero-order valence-corrected chi connectivity index (χ0v) is 13.2. The topological polar surface area (TPSA) is 66.0 Å². The van der Waals surface area contributed by atoms with E-state index in [0.29, 0.717) is 16.5 Å². The van der Waals surface area contributed by atoms with Crippen molar-refractivity contribution in [1.29, 1.82) is 10.5 Å². The van der Waals surface area contributed by atoms with Crippen molar-refractivity contribution in [3.8, 4) is 23.6 Å². The third-order valence-electron chi connectivity index (χ3n) is 3.05. The molecule has 2 rings (SSSR count). The summed E-state index contributed by atoms with van der Waals surface area (Å²) in [4.78, 5) is 0. The smallest absolute Gasteiger partial charge is 0.130 e. The SMILES string of the molecule is COc1ccc(C=C(C#N)C#N)cc1COc1cccc(Cl)c1. The molecule has 0 spiro atoms. The Balaban J connectivity index is 2.24. The Labute approximate surface area is 139 Å². The van der Waals surface area contributed by atoms with Gasteiger partial charge in [0.15, 0.2) is 0 Å². The van der Waals surface area contributed by atoms with Crippen molar-refractivity contribution in [3.63, 3.8) is 0 Å². The van der Waals surface area contributed by atoms with Gasteiger partial charge in [-0.15, -0.1) is 0 Å². The summed E-state index contributed by atoms with van der Waals surface area (Å²) >= 11 is 5.93. The lowest BCUT2D eigenvalue weighted by Crippen LogP contribution is -1.99. The summed E-state index contributed by atoms with van der Waals surface area (Å²) in [5.41, 5.74) is 1.57. The molecule has 2 aromatic carbocycles. The molecule has 5 heteroatoms. The number of hydrogen-bond donors (Lipinski definition) is 0. The molecule has 0 N–H and O–H groups in total. The van der Waals surface area contributed by atoms with E-state index in [-0.39, 0.29) is 12.2 Å². The van der Waals surface area contributed by atoms with Crippen molar-refractivity contribution in [1.82, 2.24) is 0 Å². The quantitative estimate of drug-likeness (QED) is 0.766. The van der Waals surface area contributed by atoms with Crippen LogP contribution in [0.1, 0.15) is 11.1 Å². The summed E-state index contributed by atoms with van der Waals surface area (Å²) < 4.78 is 11.0. The van der Waals surface area contributed by atoms with Crippen LogP contribution in [0.3, 0.4) is 0 Å². The van der Waals surface area contributed by atoms with Crippen LogP contribution in [0.25, 0.3) is 6.08 Å². The maximum atomic E-state index is 8.83. The van der Waals surface area contributed by atoms with E-state index in [4.69, 9.17) is 31.6 Å². The van der Waals surface area contributed by atoms with Gasteiger partial charge in [0, 0.05) is 10.6 Å². The van der Waals surface area contributed by atoms with E-state index in [0.717, 1.165) is 11.1 Å². The zero-order chi connectivity index (χ0) is 16.7. The van der Waals surface area contributed by atoms with Crippen LogP contribution in [-0.2, 0) is 6.61 Å². The summed E-state index contributed by atoms with van der Waals surface area (Å²) in [5, 5.41) is 18.3. The molecule has 4 nitrogen and oxygen atoms in total. The molecule has 114 valence electrons. The first-order chi connectivity index (χ1) is 11.2. The Morgan fingerprint density at radius 1 is 1.17 bits per heavy atom. The minimum absolute atomic E-state index is 0.0388. The van der Waals surface area contributed by atoms with Crippen molar-refractivity contribution >= 4 is 17.7 Å². The van der Waals surface area contributed by atoms with E-state index in [1.807, 2.05) is 24.3 Å². The molecule has 0 saturated carbocycles. The first kappa shape index (κ1) is 16.4. The Hall–Kier alpha value is -2.95. The van der Waals surface area contributed by atoms with Crippen molar-refractivity contribution < 1.29 is 9.47 Å². The second-order valence-electron chi connectivity index (χ2n) is 4.60. The van der Waals surface area contributed by atoms with Crippen molar-refractivity contribution in [2.75, 3.05) is 7.11 Å². The van der Waals surface area contributed by atoms with Gasteiger partial charge in [0.05, 0.1) is 7.11 Å². The fraction of sp³-hybridized carbons (Fsp3) is 0.111. The van der Waals surface area contributed by atoms with Crippen molar-refractivity contribution in [2.24, 2.45) is 0 Å². The number of hydrogen-bond acceptors (Lipinski definition) is 4. The molecule has 0 fully saturated rings. The van der Waals surface area contributed by atoms with Crippen LogP contribution in [0.5, 0.6) is 11.5 Å². The zero-order valence-electron chi connectivity index (χ0n) is 12.4. The van der Waals surface area contributed by atoms with E-state index >= 15 is 0 Å². The molecule has 0 saturated heterocycles. The van der Waals surface area contributed by atoms with Gasteiger partial charge in [0.2, 0.25) is 0 Å². The van der Waals surface area contributed by atoms with Gasteiger partial charge in [0.25, 0.3) is 0 Å². The summed E-state index contributed by atoms with van der Waals surface area (Å²) in [6, 6.07) is 16.1. The molecular weight excluding hydrogens is 312 g/mol. The molecular formula is C18H13ClN2O2. The van der Waals surface area contributed by atoms with Gasteiger partial charge < -0.3 is 9.47 Å². The maximum Gasteiger partial charge on any atom is 0.130 e. The van der Waals surface area contributed by atoms with Crippen LogP contribution in [0.4, 0.5) is 0 Å². The molecule has 0 aromatic heterocycles. The van der Waals surface area contributed by atoms with Gasteiger partial charge >= 0.3 is 0 Å². The molecule has 0 heterocycles. The number of halogens is 1. The van der Waals surface area contributed by atoms with E-state index in [9.17, 15) is 0 Å². The van der Waals surface area contributed by atoms with Crippen molar-refractivity contribution in [3.05, 3.63) is 64.2 Å². The minimum Gasteiger partial charge on any atom is -0.496 e. The molecule has 0 radical (unpaired) electrons. The van der Waals surface area contributed by atoms with E-state index < -0.39 is 0 Å². The molecule has 0 atom stereocenters. The highest BCUT2D eigenvalue weighted by molar-refractivity contribution is 6.30. The molecule has 0 aliphatic rings. The van der Waals surface area contributed by atoms with E-state index in [1.54, 1.807) is 37.4 Å². The lowest BCUT2D eigenvalue weighted by Gasteiger charge is -2.11. The molecule has 0 aliphatic heterocycles. The van der Waals surface area contributed by atoms with Gasteiger partial charge in [-0.05, 0) is 42.0 Å². The Bertz CT molecular complexity index is 801. The molecule has 23 heavy (non-hydrogen) atoms. The highest BCUT2D eigenvalue weighted by Crippen LogP contribution is 2.24. The van der Waals surface area contributed by atoms with Gasteiger partial charge in [-0.1, -0.05) is 23.7 Å². The van der Waals surface area contributed by atoms with Crippen LogP contribution in [-0.4, -0.2) is 7.11 Å². The van der Waals surface area contributed by atoms with Crippen LogP contribution in [0.15, 0.2) is 48.0 Å². The third-order valence-corrected chi connectivity index (χ3v) is 3.28. The second kappa shape index (κ2) is 7.89. The van der Waals surface area contributed by atoms with E-state index in [1.165, 1.54) is 6.08 Å². The summed E-state index contributed by atoms with van der Waals surface area (Å²) in [6.07, 6.45) is 1.52. The van der Waals surface area contributed by atoms with Crippen LogP contribution in [0.2, 0.25) is 5.02 Å². The van der Waals surface area contributed by atoms with Crippen molar-refractivity contribution in [2.45, 2.75) is 6.61 Å². The first-order valence-corrected chi connectivity index (χ1v) is 7.11. The number of rotatable bonds is 5. The maximum absolute atomic E-state index is 8.83. The Morgan fingerprint density at radius 3 is 2.61 bits per heavy atom. The molecule has 2 aromatic rings. The molecule has 0 aliphatic carbocycles. The summed E-state index contributed by atoms with van der Waals surface area (Å²) in [6.45, 7) is 0.277. The van der Waals surface area contributed by atoms with Gasteiger partial charge in [-0.2, -0.15) is 10.5 Å². The Morgan fingerprint density at radius 2 is 1.96 bits per heavy atom. The molecule has 0 unspecified atom stereocenters. The second-order valence-corrected chi connectivity index (χ2v) is 5.04. The number of benzene rings is 2. The predicted octanol–water partition coefficient (Wildman–Crippen LogP) is 4.36. The number of allylic oxidation sites excluding steroid dienone is 1. The highest BCUT2D eigenvalue weighted by Gasteiger charge is 2.06. The number of methoxy groups -OCH3 is 1. The van der Waals surface area contributed by atoms with Gasteiger partial charge in [-0.3, -0.25) is 0 Å². The number of nitrogens with zero attached hydrogens (tertiary/aromatic N) is 2. The minimum atomic E-state index is 0.0388. The average molecular weight is 325 g/mol. The van der Waals surface area contributed by atoms with Gasteiger partial charge in [-0.25, -0.2) is 0 Å². The highest BCUT2D eigenvalue weighted by atomic mass is 35.5. The number of nitriles is 2. The largest absolute Gasteiger partial charge is 0.496 e. The number of ether oxygens (including phenoxy) is 2. The fourth-order valence-electron chi connectivity index (χ4n) is 1.98. The fourth-order valence-corrected chi connectivity index (χ4v) is 2.16. The molecule has 0 bridgehead atoms. The normalized spacial score (nSPS) is 9.39. The lowest BCUT2D eigenvalue weighted by molar-refractivity contribution is 0.296.